The maximum absolute atomic E-state index is 12.7. The Morgan fingerprint density at radius 2 is 1.96 bits per heavy atom. The summed E-state index contributed by atoms with van der Waals surface area (Å²) in [6.07, 6.45) is 10.1. The second-order valence-corrected chi connectivity index (χ2v) is 7.60. The summed E-state index contributed by atoms with van der Waals surface area (Å²) in [7, 11) is 2.19. The van der Waals surface area contributed by atoms with Gasteiger partial charge in [-0.3, -0.25) is 4.79 Å². The van der Waals surface area contributed by atoms with Gasteiger partial charge in [0.1, 0.15) is 5.56 Å². The van der Waals surface area contributed by atoms with Crippen LogP contribution in [-0.4, -0.2) is 33.6 Å². The van der Waals surface area contributed by atoms with Gasteiger partial charge in [-0.2, -0.15) is 5.10 Å². The fourth-order valence-corrected chi connectivity index (χ4v) is 4.06. The van der Waals surface area contributed by atoms with E-state index in [0.717, 1.165) is 5.56 Å². The lowest BCUT2D eigenvalue weighted by molar-refractivity contribution is 0.0951. The van der Waals surface area contributed by atoms with Crippen LogP contribution in [0.15, 0.2) is 42.7 Å². The second kappa shape index (κ2) is 8.00. The van der Waals surface area contributed by atoms with Crippen LogP contribution in [0.1, 0.15) is 53.7 Å². The highest BCUT2D eigenvalue weighted by atomic mass is 16.1. The largest absolute Gasteiger partial charge is 0.372 e. The highest BCUT2D eigenvalue weighted by Gasteiger charge is 2.19. The number of rotatable bonds is 5. The van der Waals surface area contributed by atoms with Crippen LogP contribution in [0.25, 0.3) is 5.65 Å². The molecule has 0 saturated heterocycles. The molecule has 1 aromatic carbocycles. The average molecular weight is 377 g/mol. The van der Waals surface area contributed by atoms with Gasteiger partial charge in [0.25, 0.3) is 5.91 Å². The van der Waals surface area contributed by atoms with E-state index in [1.54, 1.807) is 23.0 Å². The molecule has 0 bridgehead atoms. The molecule has 6 nitrogen and oxygen atoms in total. The van der Waals surface area contributed by atoms with Crippen molar-refractivity contribution in [3.63, 3.8) is 0 Å². The van der Waals surface area contributed by atoms with Gasteiger partial charge in [-0.1, -0.05) is 31.4 Å². The van der Waals surface area contributed by atoms with E-state index in [9.17, 15) is 4.79 Å². The Bertz CT molecular complexity index is 957. The summed E-state index contributed by atoms with van der Waals surface area (Å²) in [6, 6.07) is 10.9. The Hall–Kier alpha value is -2.89. The molecule has 146 valence electrons. The molecule has 1 saturated carbocycles. The minimum Gasteiger partial charge on any atom is -0.372 e. The number of hydrogen-bond donors (Lipinski definition) is 1. The summed E-state index contributed by atoms with van der Waals surface area (Å²) in [6.45, 7) is 2.31. The monoisotopic (exact) mass is 377 g/mol. The molecule has 0 atom stereocenters. The molecule has 2 heterocycles. The number of carbonyl (C=O) groups excluding carboxylic acids is 1. The van der Waals surface area contributed by atoms with Gasteiger partial charge in [-0.05, 0) is 43.5 Å². The topological polar surface area (TPSA) is 62.5 Å². The van der Waals surface area contributed by atoms with Gasteiger partial charge in [0.2, 0.25) is 0 Å². The van der Waals surface area contributed by atoms with Crippen LogP contribution in [0.4, 0.5) is 5.69 Å². The molecule has 1 amide bonds. The number of aromatic nitrogens is 3. The number of nitrogens with one attached hydrogen (secondary N) is 1. The van der Waals surface area contributed by atoms with Crippen molar-refractivity contribution in [3.05, 3.63) is 59.5 Å². The first-order valence-electron chi connectivity index (χ1n) is 10.0. The maximum atomic E-state index is 12.7. The number of amides is 1. The van der Waals surface area contributed by atoms with Crippen LogP contribution in [-0.2, 0) is 6.54 Å². The van der Waals surface area contributed by atoms with Crippen molar-refractivity contribution in [2.75, 3.05) is 11.9 Å². The van der Waals surface area contributed by atoms with Crippen molar-refractivity contribution in [2.45, 2.75) is 51.6 Å². The number of benzene rings is 1. The summed E-state index contributed by atoms with van der Waals surface area (Å²) in [5.74, 6) is -0.144. The quantitative estimate of drug-likeness (QED) is 0.736. The third-order valence-electron chi connectivity index (χ3n) is 5.72. The van der Waals surface area contributed by atoms with Gasteiger partial charge in [0.05, 0.1) is 5.69 Å². The maximum Gasteiger partial charge on any atom is 0.257 e. The molecule has 2 aromatic heterocycles. The molecule has 28 heavy (non-hydrogen) atoms. The molecule has 0 spiro atoms. The van der Waals surface area contributed by atoms with E-state index in [2.05, 4.69) is 51.6 Å². The summed E-state index contributed by atoms with van der Waals surface area (Å²) in [5.41, 5.74) is 4.12. The van der Waals surface area contributed by atoms with Crippen molar-refractivity contribution in [2.24, 2.45) is 0 Å². The smallest absolute Gasteiger partial charge is 0.257 e. The average Bonchev–Trinajstić information content (AvgIpc) is 3.08. The minimum atomic E-state index is -0.144. The third kappa shape index (κ3) is 3.72. The Balaban J connectivity index is 1.40. The molecule has 1 aliphatic carbocycles. The summed E-state index contributed by atoms with van der Waals surface area (Å²) in [4.78, 5) is 19.4. The normalized spacial score (nSPS) is 14.9. The van der Waals surface area contributed by atoms with E-state index >= 15 is 0 Å². The van der Waals surface area contributed by atoms with Crippen molar-refractivity contribution < 1.29 is 4.79 Å². The van der Waals surface area contributed by atoms with Crippen molar-refractivity contribution in [1.82, 2.24) is 19.9 Å². The fourth-order valence-electron chi connectivity index (χ4n) is 4.06. The number of carbonyl (C=O) groups is 1. The lowest BCUT2D eigenvalue weighted by Crippen LogP contribution is -2.33. The van der Waals surface area contributed by atoms with Gasteiger partial charge in [-0.15, -0.1) is 0 Å². The van der Waals surface area contributed by atoms with Gasteiger partial charge in [0, 0.05) is 37.7 Å². The van der Waals surface area contributed by atoms with Crippen LogP contribution >= 0.6 is 0 Å². The van der Waals surface area contributed by atoms with Crippen LogP contribution in [0.2, 0.25) is 0 Å². The highest BCUT2D eigenvalue weighted by Crippen LogP contribution is 2.26. The summed E-state index contributed by atoms with van der Waals surface area (Å²) in [5, 5.41) is 7.35. The molecule has 0 radical (unpaired) electrons. The first-order chi connectivity index (χ1) is 13.6. The summed E-state index contributed by atoms with van der Waals surface area (Å²) >= 11 is 0. The van der Waals surface area contributed by atoms with Crippen LogP contribution in [0.3, 0.4) is 0 Å². The number of nitrogens with zero attached hydrogens (tertiary/aromatic N) is 4. The molecular formula is C22H27N5O. The second-order valence-electron chi connectivity index (χ2n) is 7.60. The first kappa shape index (κ1) is 18.5. The Kier molecular flexibility index (Phi) is 5.28. The molecule has 1 aliphatic rings. The highest BCUT2D eigenvalue weighted by molar-refractivity contribution is 6.00. The lowest BCUT2D eigenvalue weighted by atomic mass is 9.94. The van der Waals surface area contributed by atoms with Crippen molar-refractivity contribution in [3.8, 4) is 0 Å². The lowest BCUT2D eigenvalue weighted by Gasteiger charge is -2.33. The Morgan fingerprint density at radius 1 is 1.21 bits per heavy atom. The molecule has 0 aliphatic heterocycles. The third-order valence-corrected chi connectivity index (χ3v) is 5.72. The van der Waals surface area contributed by atoms with Gasteiger partial charge >= 0.3 is 0 Å². The van der Waals surface area contributed by atoms with Crippen LogP contribution in [0, 0.1) is 6.92 Å². The Labute approximate surface area is 165 Å². The van der Waals surface area contributed by atoms with E-state index in [4.69, 9.17) is 0 Å². The van der Waals surface area contributed by atoms with Crippen LogP contribution < -0.4 is 10.2 Å². The van der Waals surface area contributed by atoms with E-state index in [1.165, 1.54) is 37.8 Å². The van der Waals surface area contributed by atoms with Crippen molar-refractivity contribution in [1.29, 1.82) is 0 Å². The zero-order valence-electron chi connectivity index (χ0n) is 16.6. The fraction of sp³-hybridized carbons (Fsp3) is 0.409. The summed E-state index contributed by atoms with van der Waals surface area (Å²) < 4.78 is 1.64. The van der Waals surface area contributed by atoms with Gasteiger partial charge in [-0.25, -0.2) is 9.50 Å². The standard InChI is InChI=1S/C22H27N5O/c1-16-20(21-23-13-6-14-27(21)25-16)22(28)24-15-17-9-11-19(12-10-17)26(2)18-7-4-3-5-8-18/h6,9-14,18H,3-5,7-8,15H2,1-2H3,(H,24,28). The van der Waals surface area contributed by atoms with Gasteiger partial charge < -0.3 is 10.2 Å². The molecule has 1 N–H and O–H groups in total. The van der Waals surface area contributed by atoms with E-state index in [0.29, 0.717) is 29.5 Å². The Morgan fingerprint density at radius 3 is 2.71 bits per heavy atom. The van der Waals surface area contributed by atoms with E-state index in [-0.39, 0.29) is 5.91 Å². The number of fused-ring (bicyclic) bond motifs is 1. The molecule has 4 rings (SSSR count). The predicted octanol–water partition coefficient (Wildman–Crippen LogP) is 3.74. The zero-order chi connectivity index (χ0) is 19.5. The molecule has 1 fully saturated rings. The SMILES string of the molecule is Cc1nn2cccnc2c1C(=O)NCc1ccc(N(C)C2CCCCC2)cc1. The molecule has 0 unspecified atom stereocenters. The van der Waals surface area contributed by atoms with Crippen LogP contribution in [0.5, 0.6) is 0 Å². The predicted molar refractivity (Wildman–Crippen MR) is 111 cm³/mol. The van der Waals surface area contributed by atoms with Crippen molar-refractivity contribution >= 4 is 17.2 Å². The van der Waals surface area contributed by atoms with Gasteiger partial charge in [0.15, 0.2) is 5.65 Å². The number of hydrogen-bond acceptors (Lipinski definition) is 4. The first-order valence-corrected chi connectivity index (χ1v) is 10.0. The number of aryl methyl sites for hydroxylation is 1. The number of anilines is 1. The van der Waals surface area contributed by atoms with E-state index < -0.39 is 0 Å². The molecular weight excluding hydrogens is 350 g/mol. The minimum absolute atomic E-state index is 0.144. The van der Waals surface area contributed by atoms with E-state index in [1.807, 2.05) is 6.92 Å². The molecule has 6 heteroatoms. The zero-order valence-corrected chi connectivity index (χ0v) is 16.6. The molecule has 3 aromatic rings.